The van der Waals surface area contributed by atoms with Crippen molar-refractivity contribution in [3.8, 4) is 0 Å². The Labute approximate surface area is 88.2 Å². The van der Waals surface area contributed by atoms with E-state index in [-0.39, 0.29) is 13.2 Å². The Morgan fingerprint density at radius 2 is 2.00 bits per heavy atom. The van der Waals surface area contributed by atoms with Crippen LogP contribution < -0.4 is 11.1 Å². The molecule has 15 heavy (non-hydrogen) atoms. The predicted molar refractivity (Wildman–Crippen MR) is 57.4 cm³/mol. The first-order valence-electron chi connectivity index (χ1n) is 4.60. The number of aliphatic hydroxyl groups excluding tert-OH is 2. The number of nitrogens with zero attached hydrogens (tertiary/aromatic N) is 2. The largest absolute Gasteiger partial charge is 0.394 e. The Bertz CT molecular complexity index is 319. The molecule has 0 bridgehead atoms. The second kappa shape index (κ2) is 4.41. The molecule has 5 N–H and O–H groups in total. The zero-order valence-electron chi connectivity index (χ0n) is 8.86. The lowest BCUT2D eigenvalue weighted by Gasteiger charge is -2.26. The van der Waals surface area contributed by atoms with Crippen molar-refractivity contribution < 1.29 is 10.2 Å². The van der Waals surface area contributed by atoms with Gasteiger partial charge in [-0.05, 0) is 13.8 Å². The molecular weight excluding hydrogens is 196 g/mol. The molecule has 0 saturated heterocycles. The minimum absolute atomic E-state index is 0.202. The maximum absolute atomic E-state index is 9.09. The molecule has 0 aliphatic heterocycles. The third kappa shape index (κ3) is 3.03. The van der Waals surface area contributed by atoms with Crippen molar-refractivity contribution in [1.29, 1.82) is 0 Å². The Balaban J connectivity index is 2.88. The van der Waals surface area contributed by atoms with Gasteiger partial charge in [0.05, 0.1) is 18.8 Å². The molecule has 0 aliphatic carbocycles. The van der Waals surface area contributed by atoms with E-state index in [1.165, 1.54) is 0 Å². The highest BCUT2D eigenvalue weighted by atomic mass is 16.3. The van der Waals surface area contributed by atoms with Gasteiger partial charge in [0.15, 0.2) is 0 Å². The summed E-state index contributed by atoms with van der Waals surface area (Å²) in [4.78, 5) is 8.01. The monoisotopic (exact) mass is 212 g/mol. The topological polar surface area (TPSA) is 104 Å². The lowest BCUT2D eigenvalue weighted by Crippen LogP contribution is -2.42. The molecule has 0 saturated carbocycles. The Morgan fingerprint density at radius 1 is 1.40 bits per heavy atom. The number of rotatable bonds is 4. The molecule has 0 atom stereocenters. The number of hydrogen-bond donors (Lipinski definition) is 4. The average molecular weight is 212 g/mol. The van der Waals surface area contributed by atoms with Gasteiger partial charge < -0.3 is 21.3 Å². The minimum Gasteiger partial charge on any atom is -0.394 e. The molecule has 6 nitrogen and oxygen atoms in total. The fraction of sp³-hybridized carbons (Fsp3) is 0.556. The molecule has 0 unspecified atom stereocenters. The normalized spacial score (nSPS) is 11.5. The smallest absolute Gasteiger partial charge is 0.132 e. The summed E-state index contributed by atoms with van der Waals surface area (Å²) in [7, 11) is 0. The molecule has 1 aromatic heterocycles. The lowest BCUT2D eigenvalue weighted by molar-refractivity contribution is 0.147. The summed E-state index contributed by atoms with van der Waals surface area (Å²) < 4.78 is 0. The quantitative estimate of drug-likeness (QED) is 0.537. The third-order valence-corrected chi connectivity index (χ3v) is 1.99. The van der Waals surface area contributed by atoms with Gasteiger partial charge >= 0.3 is 0 Å². The number of anilines is 2. The van der Waals surface area contributed by atoms with Gasteiger partial charge in [0, 0.05) is 6.07 Å². The van der Waals surface area contributed by atoms with Crippen LogP contribution in [-0.4, -0.2) is 38.9 Å². The van der Waals surface area contributed by atoms with E-state index in [0.29, 0.717) is 17.5 Å². The molecule has 1 rings (SSSR count). The van der Waals surface area contributed by atoms with Crippen LogP contribution in [0.3, 0.4) is 0 Å². The van der Waals surface area contributed by atoms with Crippen LogP contribution >= 0.6 is 0 Å². The zero-order chi connectivity index (χ0) is 11.5. The highest BCUT2D eigenvalue weighted by molar-refractivity contribution is 5.46. The highest BCUT2D eigenvalue weighted by Gasteiger charge is 2.22. The van der Waals surface area contributed by atoms with E-state index in [1.807, 2.05) is 0 Å². The fourth-order valence-electron chi connectivity index (χ4n) is 1.09. The standard InChI is InChI=1S/C9H16N4O2/c1-6-11-7(10)3-8(12-6)13-9(2,4-14)5-15/h3,14-15H,4-5H2,1-2H3,(H3,10,11,12,13). The summed E-state index contributed by atoms with van der Waals surface area (Å²) >= 11 is 0. The van der Waals surface area contributed by atoms with Crippen molar-refractivity contribution in [2.75, 3.05) is 24.3 Å². The number of nitrogen functional groups attached to an aromatic ring is 1. The molecule has 0 aromatic carbocycles. The number of aliphatic hydroxyl groups is 2. The Hall–Kier alpha value is -1.40. The first-order valence-corrected chi connectivity index (χ1v) is 4.60. The van der Waals surface area contributed by atoms with E-state index in [0.717, 1.165) is 0 Å². The number of nitrogens with one attached hydrogen (secondary N) is 1. The molecular formula is C9H16N4O2. The van der Waals surface area contributed by atoms with Crippen LogP contribution in [0, 0.1) is 6.92 Å². The third-order valence-electron chi connectivity index (χ3n) is 1.99. The van der Waals surface area contributed by atoms with Crippen molar-refractivity contribution in [3.63, 3.8) is 0 Å². The summed E-state index contributed by atoms with van der Waals surface area (Å²) in [5, 5.41) is 21.1. The molecule has 6 heteroatoms. The van der Waals surface area contributed by atoms with Crippen LogP contribution in [0.25, 0.3) is 0 Å². The van der Waals surface area contributed by atoms with Gasteiger partial charge in [0.1, 0.15) is 17.5 Å². The zero-order valence-corrected chi connectivity index (χ0v) is 8.86. The Kier molecular flexibility index (Phi) is 3.43. The van der Waals surface area contributed by atoms with Gasteiger partial charge in [-0.3, -0.25) is 0 Å². The first-order chi connectivity index (χ1) is 6.99. The SMILES string of the molecule is Cc1nc(N)cc(NC(C)(CO)CO)n1. The minimum atomic E-state index is -0.812. The van der Waals surface area contributed by atoms with Crippen molar-refractivity contribution in [2.24, 2.45) is 0 Å². The van der Waals surface area contributed by atoms with Crippen molar-refractivity contribution in [2.45, 2.75) is 19.4 Å². The maximum atomic E-state index is 9.09. The van der Waals surface area contributed by atoms with Crippen LogP contribution in [-0.2, 0) is 0 Å². The van der Waals surface area contributed by atoms with Gasteiger partial charge in [0.25, 0.3) is 0 Å². The maximum Gasteiger partial charge on any atom is 0.132 e. The van der Waals surface area contributed by atoms with E-state index in [9.17, 15) is 0 Å². The molecule has 1 aromatic rings. The lowest BCUT2D eigenvalue weighted by atomic mass is 10.1. The predicted octanol–water partition coefficient (Wildman–Crippen LogP) is -0.478. The van der Waals surface area contributed by atoms with Gasteiger partial charge in [-0.2, -0.15) is 0 Å². The number of aryl methyl sites for hydroxylation is 1. The summed E-state index contributed by atoms with van der Waals surface area (Å²) in [6, 6.07) is 1.55. The van der Waals surface area contributed by atoms with Gasteiger partial charge in [-0.1, -0.05) is 0 Å². The molecule has 0 fully saturated rings. The Morgan fingerprint density at radius 3 is 2.47 bits per heavy atom. The number of hydrogen-bond acceptors (Lipinski definition) is 6. The van der Waals surface area contributed by atoms with Gasteiger partial charge in [-0.15, -0.1) is 0 Å². The number of nitrogens with two attached hydrogens (primary N) is 1. The molecule has 1 heterocycles. The molecule has 84 valence electrons. The summed E-state index contributed by atoms with van der Waals surface area (Å²) in [6.07, 6.45) is 0. The van der Waals surface area contributed by atoms with Crippen LogP contribution in [0.15, 0.2) is 6.07 Å². The summed E-state index contributed by atoms with van der Waals surface area (Å²) in [5.41, 5.74) is 4.73. The second-order valence-electron chi connectivity index (χ2n) is 3.73. The molecule has 0 spiro atoms. The van der Waals surface area contributed by atoms with Gasteiger partial charge in [-0.25, -0.2) is 9.97 Å². The van der Waals surface area contributed by atoms with Crippen LogP contribution in [0.2, 0.25) is 0 Å². The van der Waals surface area contributed by atoms with Crippen molar-refractivity contribution in [3.05, 3.63) is 11.9 Å². The first kappa shape index (κ1) is 11.7. The summed E-state index contributed by atoms with van der Waals surface area (Å²) in [5.74, 6) is 1.38. The highest BCUT2D eigenvalue weighted by Crippen LogP contribution is 2.14. The van der Waals surface area contributed by atoms with E-state index in [1.54, 1.807) is 19.9 Å². The van der Waals surface area contributed by atoms with E-state index >= 15 is 0 Å². The molecule has 0 amide bonds. The van der Waals surface area contributed by atoms with Crippen LogP contribution in [0.4, 0.5) is 11.6 Å². The molecule has 0 radical (unpaired) electrons. The average Bonchev–Trinajstić information content (AvgIpc) is 2.16. The second-order valence-corrected chi connectivity index (χ2v) is 3.73. The fourth-order valence-corrected chi connectivity index (χ4v) is 1.09. The van der Waals surface area contributed by atoms with E-state index < -0.39 is 5.54 Å². The number of aromatic nitrogens is 2. The van der Waals surface area contributed by atoms with Crippen molar-refractivity contribution >= 4 is 11.6 Å². The molecule has 0 aliphatic rings. The van der Waals surface area contributed by atoms with Gasteiger partial charge in [0.2, 0.25) is 0 Å². The van der Waals surface area contributed by atoms with E-state index in [4.69, 9.17) is 15.9 Å². The van der Waals surface area contributed by atoms with Crippen LogP contribution in [0.5, 0.6) is 0 Å². The van der Waals surface area contributed by atoms with Crippen LogP contribution in [0.1, 0.15) is 12.7 Å². The van der Waals surface area contributed by atoms with E-state index in [2.05, 4.69) is 15.3 Å². The summed E-state index contributed by atoms with van der Waals surface area (Å²) in [6.45, 7) is 3.00. The van der Waals surface area contributed by atoms with Crippen molar-refractivity contribution in [1.82, 2.24) is 9.97 Å².